The number of aliphatic hydroxyl groups is 1. The number of hydrogen-bond donors (Lipinski definition) is 2. The maximum absolute atomic E-state index is 12.5. The van der Waals surface area contributed by atoms with Crippen LogP contribution in [0.3, 0.4) is 0 Å². The van der Waals surface area contributed by atoms with Crippen molar-refractivity contribution in [1.29, 1.82) is 0 Å². The van der Waals surface area contributed by atoms with Gasteiger partial charge in [-0.3, -0.25) is 9.59 Å². The lowest BCUT2D eigenvalue weighted by Gasteiger charge is -2.17. The highest BCUT2D eigenvalue weighted by Gasteiger charge is 2.26. The summed E-state index contributed by atoms with van der Waals surface area (Å²) in [5.41, 5.74) is 2.66. The third kappa shape index (κ3) is 5.81. The number of likely N-dealkylation sites (tertiary alicyclic amines) is 1. The van der Waals surface area contributed by atoms with E-state index in [1.54, 1.807) is 31.4 Å². The minimum atomic E-state index is -0.206. The standard InChI is InChI=1S/C23H28N2O4/c1-29-21-4-2-3-20(14-21)23(28)24-11-9-22(27)25-12-10-19(15-25)13-17-5-7-18(16-26)8-6-17/h2-8,14,19,26H,9-13,15-16H2,1H3,(H,24,28). The molecule has 2 aromatic rings. The van der Waals surface area contributed by atoms with Crippen LogP contribution in [0.1, 0.15) is 34.3 Å². The third-order valence-electron chi connectivity index (χ3n) is 5.32. The van der Waals surface area contributed by atoms with Crippen LogP contribution in [0.2, 0.25) is 0 Å². The number of aliphatic hydroxyl groups excluding tert-OH is 1. The van der Waals surface area contributed by atoms with Gasteiger partial charge in [0, 0.05) is 31.6 Å². The molecule has 1 aliphatic heterocycles. The number of rotatable bonds is 8. The van der Waals surface area contributed by atoms with Crippen molar-refractivity contribution in [2.24, 2.45) is 5.92 Å². The fourth-order valence-corrected chi connectivity index (χ4v) is 3.65. The summed E-state index contributed by atoms with van der Waals surface area (Å²) < 4.78 is 5.13. The summed E-state index contributed by atoms with van der Waals surface area (Å²) in [7, 11) is 1.56. The van der Waals surface area contributed by atoms with Crippen LogP contribution in [0.15, 0.2) is 48.5 Å². The molecule has 1 fully saturated rings. The summed E-state index contributed by atoms with van der Waals surface area (Å²) in [4.78, 5) is 26.6. The molecule has 6 nitrogen and oxygen atoms in total. The van der Waals surface area contributed by atoms with E-state index in [-0.39, 0.29) is 18.4 Å². The van der Waals surface area contributed by atoms with Gasteiger partial charge < -0.3 is 20.1 Å². The zero-order chi connectivity index (χ0) is 20.6. The van der Waals surface area contributed by atoms with E-state index in [2.05, 4.69) is 5.32 Å². The van der Waals surface area contributed by atoms with Crippen LogP contribution in [0.25, 0.3) is 0 Å². The molecule has 0 spiro atoms. The lowest BCUT2D eigenvalue weighted by Crippen LogP contribution is -2.33. The molecular formula is C23H28N2O4. The molecule has 1 unspecified atom stereocenters. The van der Waals surface area contributed by atoms with Crippen molar-refractivity contribution >= 4 is 11.8 Å². The van der Waals surface area contributed by atoms with E-state index < -0.39 is 0 Å². The first-order chi connectivity index (χ1) is 14.1. The fraction of sp³-hybridized carbons (Fsp3) is 0.391. The van der Waals surface area contributed by atoms with Gasteiger partial charge in [-0.05, 0) is 48.1 Å². The molecule has 0 saturated carbocycles. The smallest absolute Gasteiger partial charge is 0.251 e. The van der Waals surface area contributed by atoms with Crippen LogP contribution < -0.4 is 10.1 Å². The summed E-state index contributed by atoms with van der Waals surface area (Å²) in [6.07, 6.45) is 2.22. The van der Waals surface area contributed by atoms with Gasteiger partial charge in [-0.25, -0.2) is 0 Å². The SMILES string of the molecule is COc1cccc(C(=O)NCCC(=O)N2CCC(Cc3ccc(CO)cc3)C2)c1. The van der Waals surface area contributed by atoms with Crippen LogP contribution in [-0.4, -0.2) is 48.6 Å². The minimum Gasteiger partial charge on any atom is -0.497 e. The summed E-state index contributed by atoms with van der Waals surface area (Å²) in [6.45, 7) is 1.89. The van der Waals surface area contributed by atoms with Gasteiger partial charge in [-0.15, -0.1) is 0 Å². The Morgan fingerprint density at radius 1 is 1.17 bits per heavy atom. The molecule has 2 amide bonds. The molecule has 0 aliphatic carbocycles. The molecule has 0 radical (unpaired) electrons. The molecule has 154 valence electrons. The average molecular weight is 396 g/mol. The predicted octanol–water partition coefficient (Wildman–Crippen LogP) is 2.40. The molecule has 0 aromatic heterocycles. The number of nitrogens with one attached hydrogen (secondary N) is 1. The molecule has 1 saturated heterocycles. The number of carbonyl (C=O) groups is 2. The Morgan fingerprint density at radius 3 is 2.66 bits per heavy atom. The van der Waals surface area contributed by atoms with E-state index in [1.165, 1.54) is 5.56 Å². The van der Waals surface area contributed by atoms with Crippen molar-refractivity contribution < 1.29 is 19.4 Å². The Kier molecular flexibility index (Phi) is 7.25. The van der Waals surface area contributed by atoms with Crippen LogP contribution in [-0.2, 0) is 17.8 Å². The van der Waals surface area contributed by atoms with Gasteiger partial charge in [0.1, 0.15) is 5.75 Å². The van der Waals surface area contributed by atoms with Crippen molar-refractivity contribution in [3.63, 3.8) is 0 Å². The predicted molar refractivity (Wildman–Crippen MR) is 111 cm³/mol. The molecule has 1 aliphatic rings. The van der Waals surface area contributed by atoms with Crippen molar-refractivity contribution in [2.75, 3.05) is 26.7 Å². The zero-order valence-corrected chi connectivity index (χ0v) is 16.8. The largest absolute Gasteiger partial charge is 0.497 e. The molecular weight excluding hydrogens is 368 g/mol. The highest BCUT2D eigenvalue weighted by molar-refractivity contribution is 5.94. The van der Waals surface area contributed by atoms with Crippen molar-refractivity contribution in [2.45, 2.75) is 25.9 Å². The molecule has 1 atom stereocenters. The van der Waals surface area contributed by atoms with Crippen molar-refractivity contribution in [3.05, 3.63) is 65.2 Å². The number of amides is 2. The minimum absolute atomic E-state index is 0.0559. The molecule has 29 heavy (non-hydrogen) atoms. The maximum atomic E-state index is 12.5. The Bertz CT molecular complexity index is 835. The molecule has 2 N–H and O–H groups in total. The maximum Gasteiger partial charge on any atom is 0.251 e. The zero-order valence-electron chi connectivity index (χ0n) is 16.8. The summed E-state index contributed by atoms with van der Waals surface area (Å²) in [5.74, 6) is 0.949. The Morgan fingerprint density at radius 2 is 1.93 bits per heavy atom. The first-order valence-electron chi connectivity index (χ1n) is 9.97. The second-order valence-electron chi connectivity index (χ2n) is 7.41. The first kappa shape index (κ1) is 20.9. The fourth-order valence-electron chi connectivity index (χ4n) is 3.65. The lowest BCUT2D eigenvalue weighted by atomic mass is 9.98. The van der Waals surface area contributed by atoms with Gasteiger partial charge >= 0.3 is 0 Å². The highest BCUT2D eigenvalue weighted by atomic mass is 16.5. The van der Waals surface area contributed by atoms with Crippen LogP contribution >= 0.6 is 0 Å². The quantitative estimate of drug-likeness (QED) is 0.718. The van der Waals surface area contributed by atoms with Crippen molar-refractivity contribution in [1.82, 2.24) is 10.2 Å². The molecule has 2 aromatic carbocycles. The number of carbonyl (C=O) groups excluding carboxylic acids is 2. The van der Waals surface area contributed by atoms with E-state index in [9.17, 15) is 9.59 Å². The topological polar surface area (TPSA) is 78.9 Å². The average Bonchev–Trinajstić information content (AvgIpc) is 3.22. The Balaban J connectivity index is 1.41. The number of ether oxygens (including phenoxy) is 1. The third-order valence-corrected chi connectivity index (χ3v) is 5.32. The second kappa shape index (κ2) is 10.1. The highest BCUT2D eigenvalue weighted by Crippen LogP contribution is 2.22. The van der Waals surface area contributed by atoms with E-state index in [1.807, 2.05) is 29.2 Å². The number of benzene rings is 2. The lowest BCUT2D eigenvalue weighted by molar-refractivity contribution is -0.130. The van der Waals surface area contributed by atoms with Gasteiger partial charge in [0.05, 0.1) is 13.7 Å². The molecule has 1 heterocycles. The van der Waals surface area contributed by atoms with Crippen LogP contribution in [0.5, 0.6) is 5.75 Å². The monoisotopic (exact) mass is 396 g/mol. The van der Waals surface area contributed by atoms with Gasteiger partial charge in [0.15, 0.2) is 0 Å². The number of methoxy groups -OCH3 is 1. The summed E-state index contributed by atoms with van der Waals surface area (Å²) >= 11 is 0. The molecule has 0 bridgehead atoms. The van der Waals surface area contributed by atoms with E-state index in [0.29, 0.717) is 30.2 Å². The molecule has 6 heteroatoms. The van der Waals surface area contributed by atoms with E-state index in [4.69, 9.17) is 9.84 Å². The van der Waals surface area contributed by atoms with Gasteiger partial charge in [-0.2, -0.15) is 0 Å². The Labute approximate surface area is 171 Å². The van der Waals surface area contributed by atoms with E-state index >= 15 is 0 Å². The van der Waals surface area contributed by atoms with Crippen LogP contribution in [0, 0.1) is 5.92 Å². The Hall–Kier alpha value is -2.86. The molecule has 3 rings (SSSR count). The van der Waals surface area contributed by atoms with Gasteiger partial charge in [0.2, 0.25) is 5.91 Å². The normalized spacial score (nSPS) is 15.9. The van der Waals surface area contributed by atoms with Crippen molar-refractivity contribution in [3.8, 4) is 5.75 Å². The van der Waals surface area contributed by atoms with Crippen LogP contribution in [0.4, 0.5) is 0 Å². The first-order valence-corrected chi connectivity index (χ1v) is 9.97. The summed E-state index contributed by atoms with van der Waals surface area (Å²) in [6, 6.07) is 14.9. The second-order valence-corrected chi connectivity index (χ2v) is 7.41. The summed E-state index contributed by atoms with van der Waals surface area (Å²) in [5, 5.41) is 11.9. The number of nitrogens with zero attached hydrogens (tertiary/aromatic N) is 1. The van der Waals surface area contributed by atoms with Gasteiger partial charge in [0.25, 0.3) is 5.91 Å². The number of hydrogen-bond acceptors (Lipinski definition) is 4. The van der Waals surface area contributed by atoms with E-state index in [0.717, 1.165) is 31.5 Å². The van der Waals surface area contributed by atoms with Gasteiger partial charge in [-0.1, -0.05) is 30.3 Å².